The minimum atomic E-state index is -0.188. The zero-order valence-electron chi connectivity index (χ0n) is 11.7. The summed E-state index contributed by atoms with van der Waals surface area (Å²) >= 11 is 3.71. The fourth-order valence-corrected chi connectivity index (χ4v) is 4.44. The van der Waals surface area contributed by atoms with Gasteiger partial charge in [-0.25, -0.2) is 4.79 Å². The first-order valence-corrected chi connectivity index (χ1v) is 8.68. The van der Waals surface area contributed by atoms with Gasteiger partial charge in [-0.3, -0.25) is 0 Å². The van der Waals surface area contributed by atoms with Gasteiger partial charge in [0, 0.05) is 34.0 Å². The normalized spacial score (nSPS) is 13.4. The van der Waals surface area contributed by atoms with E-state index in [-0.39, 0.29) is 6.03 Å². The van der Waals surface area contributed by atoms with Crippen molar-refractivity contribution in [2.24, 2.45) is 0 Å². The topological polar surface area (TPSA) is 41.1 Å². The molecule has 0 bridgehead atoms. The Bertz CT molecular complexity index is 673. The Morgan fingerprint density at radius 3 is 2.67 bits per heavy atom. The van der Waals surface area contributed by atoms with Crippen molar-refractivity contribution in [3.05, 3.63) is 53.6 Å². The summed E-state index contributed by atoms with van der Waals surface area (Å²) in [5, 5.41) is 5.40. The van der Waals surface area contributed by atoms with E-state index in [9.17, 15) is 4.79 Å². The summed E-state index contributed by atoms with van der Waals surface area (Å²) in [7, 11) is 1.62. The molecule has 5 heteroatoms. The molecule has 108 valence electrons. The van der Waals surface area contributed by atoms with E-state index in [2.05, 4.69) is 47.0 Å². The molecule has 0 aromatic heterocycles. The number of benzene rings is 2. The zero-order valence-corrected chi connectivity index (χ0v) is 13.3. The van der Waals surface area contributed by atoms with Crippen LogP contribution in [0.2, 0.25) is 0 Å². The van der Waals surface area contributed by atoms with Gasteiger partial charge in [0.2, 0.25) is 0 Å². The molecule has 0 saturated carbocycles. The van der Waals surface area contributed by atoms with Crippen LogP contribution in [-0.4, -0.2) is 13.1 Å². The standard InChI is InChI=1S/C16H16N2OS2/c1-17-16(19)18-13-6-7-15-12(8-13)10-20-9-11-4-2-3-5-14(11)21-15/h2-8H,9-10H2,1H3,(H2,17,18,19). The number of nitrogens with one attached hydrogen (secondary N) is 2. The highest BCUT2D eigenvalue weighted by Gasteiger charge is 2.13. The molecular formula is C16H16N2OS2. The highest BCUT2D eigenvalue weighted by Crippen LogP contribution is 2.39. The summed E-state index contributed by atoms with van der Waals surface area (Å²) in [6.07, 6.45) is 0. The zero-order chi connectivity index (χ0) is 14.7. The number of amides is 2. The molecule has 0 fully saturated rings. The quantitative estimate of drug-likeness (QED) is 0.822. The Morgan fingerprint density at radius 1 is 1.05 bits per heavy atom. The van der Waals surface area contributed by atoms with Crippen molar-refractivity contribution in [1.82, 2.24) is 5.32 Å². The third-order valence-electron chi connectivity index (χ3n) is 3.25. The number of carbonyl (C=O) groups is 1. The maximum atomic E-state index is 11.4. The van der Waals surface area contributed by atoms with Crippen LogP contribution >= 0.6 is 23.5 Å². The summed E-state index contributed by atoms with van der Waals surface area (Å²) in [4.78, 5) is 14.0. The van der Waals surface area contributed by atoms with Crippen LogP contribution in [0.15, 0.2) is 52.3 Å². The van der Waals surface area contributed by atoms with Crippen molar-refractivity contribution in [3.63, 3.8) is 0 Å². The SMILES string of the molecule is CNC(=O)Nc1ccc2c(c1)CSCc1ccccc1S2. The Labute approximate surface area is 132 Å². The Morgan fingerprint density at radius 2 is 1.81 bits per heavy atom. The van der Waals surface area contributed by atoms with Crippen molar-refractivity contribution in [2.45, 2.75) is 21.3 Å². The molecule has 0 unspecified atom stereocenters. The predicted molar refractivity (Wildman–Crippen MR) is 90.1 cm³/mol. The number of rotatable bonds is 1. The number of carbonyl (C=O) groups excluding carboxylic acids is 1. The molecule has 0 atom stereocenters. The average Bonchev–Trinajstić information content (AvgIpc) is 2.48. The number of hydrogen-bond donors (Lipinski definition) is 2. The molecule has 3 nitrogen and oxygen atoms in total. The van der Waals surface area contributed by atoms with Gasteiger partial charge in [-0.05, 0) is 35.4 Å². The van der Waals surface area contributed by atoms with E-state index in [4.69, 9.17) is 0 Å². The molecule has 2 amide bonds. The molecule has 2 aromatic rings. The van der Waals surface area contributed by atoms with E-state index in [0.717, 1.165) is 17.2 Å². The van der Waals surface area contributed by atoms with Crippen LogP contribution in [-0.2, 0) is 11.5 Å². The molecule has 0 aliphatic carbocycles. The monoisotopic (exact) mass is 316 g/mol. The van der Waals surface area contributed by atoms with E-state index in [1.165, 1.54) is 20.9 Å². The first-order valence-electron chi connectivity index (χ1n) is 6.71. The first kappa shape index (κ1) is 14.4. The highest BCUT2D eigenvalue weighted by atomic mass is 32.2. The lowest BCUT2D eigenvalue weighted by atomic mass is 10.2. The Hall–Kier alpha value is -1.59. The lowest BCUT2D eigenvalue weighted by Gasteiger charge is -2.17. The second-order valence-electron chi connectivity index (χ2n) is 4.73. The molecule has 0 spiro atoms. The third kappa shape index (κ3) is 3.36. The molecule has 1 aliphatic rings. The van der Waals surface area contributed by atoms with E-state index < -0.39 is 0 Å². The van der Waals surface area contributed by atoms with Gasteiger partial charge in [0.15, 0.2) is 0 Å². The molecule has 0 radical (unpaired) electrons. The number of thioether (sulfide) groups is 1. The maximum absolute atomic E-state index is 11.4. The smallest absolute Gasteiger partial charge is 0.318 e. The van der Waals surface area contributed by atoms with Crippen LogP contribution in [0.3, 0.4) is 0 Å². The van der Waals surface area contributed by atoms with E-state index in [1.54, 1.807) is 7.05 Å². The van der Waals surface area contributed by atoms with Gasteiger partial charge in [0.1, 0.15) is 0 Å². The number of hydrogen-bond acceptors (Lipinski definition) is 3. The van der Waals surface area contributed by atoms with Crippen LogP contribution in [0.4, 0.5) is 10.5 Å². The number of urea groups is 1. The van der Waals surface area contributed by atoms with Crippen LogP contribution in [0.5, 0.6) is 0 Å². The lowest BCUT2D eigenvalue weighted by molar-refractivity contribution is 0.254. The van der Waals surface area contributed by atoms with Gasteiger partial charge in [0.05, 0.1) is 0 Å². The fourth-order valence-electron chi connectivity index (χ4n) is 2.18. The summed E-state index contributed by atoms with van der Waals surface area (Å²) in [6, 6.07) is 14.5. The van der Waals surface area contributed by atoms with Crippen molar-refractivity contribution < 1.29 is 4.79 Å². The Balaban J connectivity index is 1.90. The first-order chi connectivity index (χ1) is 10.3. The van der Waals surface area contributed by atoms with Crippen LogP contribution in [0.25, 0.3) is 0 Å². The molecule has 3 rings (SSSR count). The molecule has 1 heterocycles. The number of anilines is 1. The van der Waals surface area contributed by atoms with Gasteiger partial charge in [-0.15, -0.1) is 0 Å². The number of fused-ring (bicyclic) bond motifs is 2. The minimum absolute atomic E-state index is 0.188. The van der Waals surface area contributed by atoms with Crippen LogP contribution in [0.1, 0.15) is 11.1 Å². The highest BCUT2D eigenvalue weighted by molar-refractivity contribution is 8.00. The van der Waals surface area contributed by atoms with Crippen LogP contribution < -0.4 is 10.6 Å². The summed E-state index contributed by atoms with van der Waals surface area (Å²) in [5.74, 6) is 1.98. The molecule has 2 aromatic carbocycles. The Kier molecular flexibility index (Phi) is 4.41. The third-order valence-corrected chi connectivity index (χ3v) is 5.52. The van der Waals surface area contributed by atoms with Gasteiger partial charge >= 0.3 is 6.03 Å². The van der Waals surface area contributed by atoms with Crippen molar-refractivity contribution in [1.29, 1.82) is 0 Å². The molecule has 0 saturated heterocycles. The summed E-state index contributed by atoms with van der Waals surface area (Å²) in [6.45, 7) is 0. The second-order valence-corrected chi connectivity index (χ2v) is 6.80. The average molecular weight is 316 g/mol. The van der Waals surface area contributed by atoms with Crippen molar-refractivity contribution in [3.8, 4) is 0 Å². The van der Waals surface area contributed by atoms with Gasteiger partial charge < -0.3 is 10.6 Å². The van der Waals surface area contributed by atoms with Gasteiger partial charge in [-0.2, -0.15) is 11.8 Å². The lowest BCUT2D eigenvalue weighted by Crippen LogP contribution is -2.24. The maximum Gasteiger partial charge on any atom is 0.318 e. The minimum Gasteiger partial charge on any atom is -0.341 e. The van der Waals surface area contributed by atoms with Crippen molar-refractivity contribution in [2.75, 3.05) is 12.4 Å². The van der Waals surface area contributed by atoms with Crippen molar-refractivity contribution >= 4 is 35.2 Å². The van der Waals surface area contributed by atoms with Gasteiger partial charge in [0.25, 0.3) is 0 Å². The molecule has 1 aliphatic heterocycles. The van der Waals surface area contributed by atoms with Crippen LogP contribution in [0, 0.1) is 0 Å². The van der Waals surface area contributed by atoms with E-state index in [0.29, 0.717) is 0 Å². The molecule has 2 N–H and O–H groups in total. The summed E-state index contributed by atoms with van der Waals surface area (Å²) < 4.78 is 0. The second kappa shape index (κ2) is 6.45. The van der Waals surface area contributed by atoms with Gasteiger partial charge in [-0.1, -0.05) is 30.0 Å². The molecule has 21 heavy (non-hydrogen) atoms. The van der Waals surface area contributed by atoms with E-state index in [1.807, 2.05) is 29.6 Å². The largest absolute Gasteiger partial charge is 0.341 e. The van der Waals surface area contributed by atoms with E-state index >= 15 is 0 Å². The summed E-state index contributed by atoms with van der Waals surface area (Å²) in [5.41, 5.74) is 3.50. The molecular weight excluding hydrogens is 300 g/mol. The fraction of sp³-hybridized carbons (Fsp3) is 0.188. The predicted octanol–water partition coefficient (Wildman–Crippen LogP) is 4.34.